The van der Waals surface area contributed by atoms with Gasteiger partial charge < -0.3 is 19.7 Å². The van der Waals surface area contributed by atoms with Crippen molar-refractivity contribution in [2.45, 2.75) is 52.7 Å². The molecular formula is C19H26N2O4. The van der Waals surface area contributed by atoms with Gasteiger partial charge in [0.2, 0.25) is 0 Å². The van der Waals surface area contributed by atoms with Gasteiger partial charge >= 0.3 is 12.1 Å². The van der Waals surface area contributed by atoms with E-state index in [9.17, 15) is 9.59 Å². The Morgan fingerprint density at radius 1 is 1.28 bits per heavy atom. The molecule has 6 heteroatoms. The molecule has 0 bridgehead atoms. The molecule has 2 heterocycles. The molecule has 2 N–H and O–H groups in total. The van der Waals surface area contributed by atoms with Crippen LogP contribution in [-0.2, 0) is 22.5 Å². The van der Waals surface area contributed by atoms with Crippen LogP contribution in [0.4, 0.5) is 4.79 Å². The summed E-state index contributed by atoms with van der Waals surface area (Å²) in [5.74, 6) is -0.745. The number of carbonyl (C=O) groups excluding carboxylic acids is 1. The smallest absolute Gasteiger partial charge is 0.410 e. The number of hydrogen-bond acceptors (Lipinski definition) is 3. The van der Waals surface area contributed by atoms with Crippen LogP contribution in [0.1, 0.15) is 45.4 Å². The molecule has 0 saturated heterocycles. The van der Waals surface area contributed by atoms with Crippen molar-refractivity contribution >= 4 is 23.0 Å². The van der Waals surface area contributed by atoms with Gasteiger partial charge in [-0.05, 0) is 38.8 Å². The molecule has 1 aliphatic heterocycles. The second kappa shape index (κ2) is 7.59. The summed E-state index contributed by atoms with van der Waals surface area (Å²) in [6, 6.07) is 8.28. The van der Waals surface area contributed by atoms with Crippen LogP contribution < -0.4 is 0 Å². The van der Waals surface area contributed by atoms with Gasteiger partial charge in [0.15, 0.2) is 0 Å². The molecule has 0 saturated carbocycles. The molecule has 1 amide bonds. The highest BCUT2D eigenvalue weighted by atomic mass is 16.6. The molecule has 1 aliphatic rings. The van der Waals surface area contributed by atoms with Crippen LogP contribution in [0.5, 0.6) is 0 Å². The Labute approximate surface area is 147 Å². The van der Waals surface area contributed by atoms with Gasteiger partial charge in [0.05, 0.1) is 6.54 Å². The van der Waals surface area contributed by atoms with Gasteiger partial charge in [-0.1, -0.05) is 25.1 Å². The molecular weight excluding hydrogens is 320 g/mol. The summed E-state index contributed by atoms with van der Waals surface area (Å²) in [6.07, 6.45) is 0.861. The van der Waals surface area contributed by atoms with Crippen molar-refractivity contribution in [2.24, 2.45) is 0 Å². The molecule has 0 spiro atoms. The minimum Gasteiger partial charge on any atom is -0.481 e. The highest BCUT2D eigenvalue weighted by Crippen LogP contribution is 2.28. The Bertz CT molecular complexity index is 758. The fourth-order valence-corrected chi connectivity index (χ4v) is 2.68. The molecule has 6 nitrogen and oxygen atoms in total. The summed E-state index contributed by atoms with van der Waals surface area (Å²) in [7, 11) is 0. The van der Waals surface area contributed by atoms with Crippen molar-refractivity contribution in [3.05, 3.63) is 35.5 Å². The van der Waals surface area contributed by atoms with Gasteiger partial charge in [0.25, 0.3) is 0 Å². The van der Waals surface area contributed by atoms with E-state index in [1.807, 2.05) is 26.8 Å². The number of carboxylic acids is 1. The predicted octanol–water partition coefficient (Wildman–Crippen LogP) is 3.94. The second-order valence-electron chi connectivity index (χ2n) is 7.03. The quantitative estimate of drug-likeness (QED) is 0.819. The summed E-state index contributed by atoms with van der Waals surface area (Å²) < 4.78 is 5.44. The maximum Gasteiger partial charge on any atom is 0.410 e. The Kier molecular flexibility index (Phi) is 5.72. The van der Waals surface area contributed by atoms with E-state index in [-0.39, 0.29) is 12.5 Å². The number of aromatic amines is 1. The molecule has 1 aromatic heterocycles. The van der Waals surface area contributed by atoms with Crippen molar-refractivity contribution in [3.63, 3.8) is 0 Å². The zero-order valence-corrected chi connectivity index (χ0v) is 15.3. The van der Waals surface area contributed by atoms with Crippen LogP contribution in [0.2, 0.25) is 0 Å². The fourth-order valence-electron chi connectivity index (χ4n) is 2.68. The third-order valence-electron chi connectivity index (χ3n) is 3.84. The van der Waals surface area contributed by atoms with E-state index in [0.717, 1.165) is 17.6 Å². The largest absolute Gasteiger partial charge is 0.481 e. The first-order valence-electron chi connectivity index (χ1n) is 8.49. The Morgan fingerprint density at radius 3 is 2.52 bits per heavy atom. The van der Waals surface area contributed by atoms with E-state index in [2.05, 4.69) is 23.2 Å². The van der Waals surface area contributed by atoms with Gasteiger partial charge in [-0.25, -0.2) is 4.79 Å². The van der Waals surface area contributed by atoms with Crippen molar-refractivity contribution < 1.29 is 19.4 Å². The first-order valence-corrected chi connectivity index (χ1v) is 8.49. The maximum atomic E-state index is 12.1. The molecule has 136 valence electrons. The molecule has 0 unspecified atom stereocenters. The van der Waals surface area contributed by atoms with Crippen LogP contribution in [0.3, 0.4) is 0 Å². The zero-order chi connectivity index (χ0) is 18.6. The number of aliphatic carboxylic acids is 1. The van der Waals surface area contributed by atoms with E-state index in [4.69, 9.17) is 9.84 Å². The van der Waals surface area contributed by atoms with Gasteiger partial charge in [0.1, 0.15) is 5.60 Å². The molecule has 0 radical (unpaired) electrons. The molecule has 0 fully saturated rings. The standard InChI is InChI=1S/C16H20N2O2.C3H6O2/c1-16(2,3)20-15(19)18-9-8-12-11-6-4-5-7-13(11)17-14(12)10-18;1-2-3(4)5/h4-7,17H,8-10H2,1-3H3;2H2,1H3,(H,4,5). The molecule has 2 aromatic rings. The Hall–Kier alpha value is -2.50. The molecule has 1 aromatic carbocycles. The number of ether oxygens (including phenoxy) is 1. The summed E-state index contributed by atoms with van der Waals surface area (Å²) >= 11 is 0. The minimum atomic E-state index is -0.745. The average Bonchev–Trinajstić information content (AvgIpc) is 2.91. The summed E-state index contributed by atoms with van der Waals surface area (Å²) in [5.41, 5.74) is 3.16. The van der Waals surface area contributed by atoms with E-state index in [1.54, 1.807) is 11.8 Å². The number of nitrogens with one attached hydrogen (secondary N) is 1. The van der Waals surface area contributed by atoms with E-state index in [1.165, 1.54) is 10.9 Å². The van der Waals surface area contributed by atoms with Gasteiger partial charge in [0, 0.05) is 29.6 Å². The number of rotatable bonds is 1. The van der Waals surface area contributed by atoms with Crippen molar-refractivity contribution in [3.8, 4) is 0 Å². The SMILES string of the molecule is CC(C)(C)OC(=O)N1CCc2c([nH]c3ccccc23)C1.CCC(=O)O. The van der Waals surface area contributed by atoms with Crippen LogP contribution >= 0.6 is 0 Å². The lowest BCUT2D eigenvalue weighted by Crippen LogP contribution is -2.39. The predicted molar refractivity (Wildman–Crippen MR) is 96.6 cm³/mol. The molecule has 25 heavy (non-hydrogen) atoms. The van der Waals surface area contributed by atoms with Gasteiger partial charge in [-0.3, -0.25) is 4.79 Å². The van der Waals surface area contributed by atoms with E-state index in [0.29, 0.717) is 13.1 Å². The number of benzene rings is 1. The minimum absolute atomic E-state index is 0.222. The number of carbonyl (C=O) groups is 2. The zero-order valence-electron chi connectivity index (χ0n) is 15.3. The molecule has 3 rings (SSSR count). The highest BCUT2D eigenvalue weighted by molar-refractivity contribution is 5.85. The van der Waals surface area contributed by atoms with Gasteiger partial charge in [-0.2, -0.15) is 0 Å². The Balaban J connectivity index is 0.000000399. The average molecular weight is 346 g/mol. The first-order chi connectivity index (χ1) is 11.7. The topological polar surface area (TPSA) is 82.6 Å². The van der Waals surface area contributed by atoms with Crippen LogP contribution in [0.15, 0.2) is 24.3 Å². The lowest BCUT2D eigenvalue weighted by Gasteiger charge is -2.30. The monoisotopic (exact) mass is 346 g/mol. The maximum absolute atomic E-state index is 12.1. The van der Waals surface area contributed by atoms with Crippen LogP contribution in [0.25, 0.3) is 10.9 Å². The molecule has 0 aliphatic carbocycles. The fraction of sp³-hybridized carbons (Fsp3) is 0.474. The van der Waals surface area contributed by atoms with Crippen LogP contribution in [0, 0.1) is 0 Å². The number of H-pyrrole nitrogens is 1. The number of amides is 1. The normalized spacial score (nSPS) is 13.7. The van der Waals surface area contributed by atoms with Crippen molar-refractivity contribution in [1.82, 2.24) is 9.88 Å². The summed E-state index contributed by atoms with van der Waals surface area (Å²) in [6.45, 7) is 8.58. The van der Waals surface area contributed by atoms with Crippen molar-refractivity contribution in [2.75, 3.05) is 6.54 Å². The number of fused-ring (bicyclic) bond motifs is 3. The summed E-state index contributed by atoms with van der Waals surface area (Å²) in [5, 5.41) is 8.99. The lowest BCUT2D eigenvalue weighted by molar-refractivity contribution is -0.136. The summed E-state index contributed by atoms with van der Waals surface area (Å²) in [4.78, 5) is 26.7. The third-order valence-corrected chi connectivity index (χ3v) is 3.84. The number of aromatic nitrogens is 1. The first kappa shape index (κ1) is 18.8. The number of carboxylic acid groups (broad SMARTS) is 1. The number of nitrogens with zero attached hydrogens (tertiary/aromatic N) is 1. The van der Waals surface area contributed by atoms with E-state index >= 15 is 0 Å². The van der Waals surface area contributed by atoms with E-state index < -0.39 is 11.6 Å². The lowest BCUT2D eigenvalue weighted by atomic mass is 10.0. The molecule has 0 atom stereocenters. The number of para-hydroxylation sites is 1. The highest BCUT2D eigenvalue weighted by Gasteiger charge is 2.27. The number of hydrogen-bond donors (Lipinski definition) is 2. The van der Waals surface area contributed by atoms with Crippen LogP contribution in [-0.4, -0.2) is 39.2 Å². The third kappa shape index (κ3) is 4.98. The Morgan fingerprint density at radius 2 is 1.92 bits per heavy atom. The van der Waals surface area contributed by atoms with Crippen molar-refractivity contribution in [1.29, 1.82) is 0 Å². The van der Waals surface area contributed by atoms with Gasteiger partial charge in [-0.15, -0.1) is 0 Å². The second-order valence-corrected chi connectivity index (χ2v) is 7.03.